The van der Waals surface area contributed by atoms with Crippen LogP contribution < -0.4 is 5.01 Å². The Morgan fingerprint density at radius 3 is 1.88 bits per heavy atom. The van der Waals surface area contributed by atoms with Gasteiger partial charge in [-0.1, -0.05) is 5.22 Å². The molecule has 0 heterocycles. The molecule has 0 aromatic heterocycles. The Labute approximate surface area is 190 Å². The maximum absolute atomic E-state index is 13.3. The van der Waals surface area contributed by atoms with Crippen molar-refractivity contribution in [2.24, 2.45) is 10.3 Å². The predicted molar refractivity (Wildman–Crippen MR) is 107 cm³/mol. The fourth-order valence-electron chi connectivity index (χ4n) is 2.56. The summed E-state index contributed by atoms with van der Waals surface area (Å²) in [5.41, 5.74) is -4.19. The molecule has 2 aromatic rings. The molecule has 0 spiro atoms. The van der Waals surface area contributed by atoms with E-state index >= 15 is 0 Å². The third-order valence-electron chi connectivity index (χ3n) is 4.70. The molecule has 0 saturated carbocycles. The van der Waals surface area contributed by atoms with Crippen molar-refractivity contribution in [3.8, 4) is 12.1 Å². The predicted octanol–water partition coefficient (Wildman–Crippen LogP) is 5.45. The second-order valence-electron chi connectivity index (χ2n) is 7.16. The Hall–Kier alpha value is -3.97. The number of anilines is 1. The minimum Gasteiger partial charge on any atom is -0.298 e. The first-order valence-corrected chi connectivity index (χ1v) is 9.35. The highest BCUT2D eigenvalue weighted by atomic mass is 19.4. The molecule has 34 heavy (non-hydrogen) atoms. The fraction of sp³-hybridized carbons (Fsp3) is 0.286. The molecule has 2 aromatic carbocycles. The Kier molecular flexibility index (Phi) is 7.64. The molecule has 7 nitrogen and oxygen atoms in total. The first-order valence-electron chi connectivity index (χ1n) is 9.35. The van der Waals surface area contributed by atoms with Gasteiger partial charge in [0.15, 0.2) is 0 Å². The maximum Gasteiger partial charge on any atom is 0.416 e. The molecule has 1 atom stereocenters. The van der Waals surface area contributed by atoms with Crippen molar-refractivity contribution < 1.29 is 31.1 Å². The van der Waals surface area contributed by atoms with Crippen molar-refractivity contribution >= 4 is 17.3 Å². The molecule has 0 saturated heterocycles. The summed E-state index contributed by atoms with van der Waals surface area (Å²) >= 11 is 0. The SMILES string of the molecule is CC(C(=O)N(N=Nc1cc(C(F)(F)F)ccc1C#N)c1cc(C(F)(F)F)ccc1C#N)N(C)C. The lowest BCUT2D eigenvalue weighted by Gasteiger charge is -2.25. The van der Waals surface area contributed by atoms with Gasteiger partial charge in [-0.2, -0.15) is 41.9 Å². The molecular weight excluding hydrogens is 466 g/mol. The smallest absolute Gasteiger partial charge is 0.298 e. The summed E-state index contributed by atoms with van der Waals surface area (Å²) in [5.74, 6) is -0.921. The van der Waals surface area contributed by atoms with Gasteiger partial charge in [-0.15, -0.1) is 5.11 Å². The topological polar surface area (TPSA) is 95.8 Å². The van der Waals surface area contributed by atoms with Crippen LogP contribution in [0.25, 0.3) is 0 Å². The normalized spacial score (nSPS) is 12.9. The highest BCUT2D eigenvalue weighted by Gasteiger charge is 2.34. The van der Waals surface area contributed by atoms with E-state index in [-0.39, 0.29) is 11.1 Å². The number of halogens is 6. The average molecular weight is 482 g/mol. The summed E-state index contributed by atoms with van der Waals surface area (Å²) in [6.07, 6.45) is -9.60. The molecule has 178 valence electrons. The molecule has 0 aliphatic rings. The summed E-state index contributed by atoms with van der Waals surface area (Å²) < 4.78 is 79.0. The minimum absolute atomic E-state index is 0.325. The molecule has 1 unspecified atom stereocenters. The van der Waals surface area contributed by atoms with Crippen LogP contribution in [0.4, 0.5) is 37.7 Å². The van der Waals surface area contributed by atoms with E-state index in [9.17, 15) is 41.7 Å². The van der Waals surface area contributed by atoms with Crippen molar-refractivity contribution in [3.63, 3.8) is 0 Å². The summed E-state index contributed by atoms with van der Waals surface area (Å²) in [5, 5.41) is 26.1. The lowest BCUT2D eigenvalue weighted by Crippen LogP contribution is -2.42. The molecule has 0 bridgehead atoms. The van der Waals surface area contributed by atoms with Gasteiger partial charge in [0.05, 0.1) is 34.0 Å². The number of hydrogen-bond acceptors (Lipinski definition) is 6. The zero-order valence-corrected chi connectivity index (χ0v) is 17.9. The van der Waals surface area contributed by atoms with Crippen LogP contribution >= 0.6 is 0 Å². The summed E-state index contributed by atoms with van der Waals surface area (Å²) in [7, 11) is 2.99. The Bertz CT molecular complexity index is 1190. The average Bonchev–Trinajstić information content (AvgIpc) is 2.76. The van der Waals surface area contributed by atoms with Gasteiger partial charge in [-0.3, -0.25) is 9.69 Å². The van der Waals surface area contributed by atoms with E-state index in [4.69, 9.17) is 0 Å². The van der Waals surface area contributed by atoms with E-state index in [1.165, 1.54) is 25.9 Å². The third kappa shape index (κ3) is 5.88. The Morgan fingerprint density at radius 2 is 1.41 bits per heavy atom. The zero-order valence-electron chi connectivity index (χ0n) is 17.9. The largest absolute Gasteiger partial charge is 0.416 e. The third-order valence-corrected chi connectivity index (χ3v) is 4.70. The monoisotopic (exact) mass is 482 g/mol. The molecule has 0 fully saturated rings. The van der Waals surface area contributed by atoms with Crippen LogP contribution in [0.5, 0.6) is 0 Å². The molecule has 0 aliphatic carbocycles. The van der Waals surface area contributed by atoms with Crippen molar-refractivity contribution in [3.05, 3.63) is 58.7 Å². The van der Waals surface area contributed by atoms with E-state index in [1.54, 1.807) is 12.1 Å². The van der Waals surface area contributed by atoms with Crippen molar-refractivity contribution in [1.82, 2.24) is 4.90 Å². The van der Waals surface area contributed by atoms with E-state index < -0.39 is 46.8 Å². The van der Waals surface area contributed by atoms with Crippen molar-refractivity contribution in [2.75, 3.05) is 19.1 Å². The van der Waals surface area contributed by atoms with Gasteiger partial charge < -0.3 is 0 Å². The molecule has 1 amide bonds. The number of carbonyl (C=O) groups excluding carboxylic acids is 1. The van der Waals surface area contributed by atoms with E-state index in [0.717, 1.165) is 12.1 Å². The maximum atomic E-state index is 13.3. The number of nitriles is 2. The minimum atomic E-state index is -4.82. The van der Waals surface area contributed by atoms with E-state index in [0.29, 0.717) is 29.3 Å². The highest BCUT2D eigenvalue weighted by Crippen LogP contribution is 2.36. The Balaban J connectivity index is 2.73. The van der Waals surface area contributed by atoms with Gasteiger partial charge in [0, 0.05) is 0 Å². The van der Waals surface area contributed by atoms with Gasteiger partial charge >= 0.3 is 12.4 Å². The van der Waals surface area contributed by atoms with Gasteiger partial charge in [-0.05, 0) is 57.4 Å². The summed E-state index contributed by atoms with van der Waals surface area (Å²) in [6, 6.07) is 6.28. The number of hydrogen-bond donors (Lipinski definition) is 0. The lowest BCUT2D eigenvalue weighted by atomic mass is 10.1. The van der Waals surface area contributed by atoms with E-state index in [1.807, 2.05) is 0 Å². The van der Waals surface area contributed by atoms with Crippen LogP contribution in [0.1, 0.15) is 29.2 Å². The number of nitrogens with zero attached hydrogens (tertiary/aromatic N) is 6. The van der Waals surface area contributed by atoms with Gasteiger partial charge in [0.1, 0.15) is 17.8 Å². The molecule has 0 N–H and O–H groups in total. The van der Waals surface area contributed by atoms with Gasteiger partial charge in [0.2, 0.25) is 0 Å². The highest BCUT2D eigenvalue weighted by molar-refractivity contribution is 5.97. The second-order valence-corrected chi connectivity index (χ2v) is 7.16. The Morgan fingerprint density at radius 1 is 0.912 bits per heavy atom. The van der Waals surface area contributed by atoms with Crippen LogP contribution in [0, 0.1) is 22.7 Å². The number of rotatable bonds is 5. The molecular formula is C21H16F6N6O. The van der Waals surface area contributed by atoms with E-state index in [2.05, 4.69) is 10.3 Å². The van der Waals surface area contributed by atoms with Crippen molar-refractivity contribution in [1.29, 1.82) is 10.5 Å². The van der Waals surface area contributed by atoms with Gasteiger partial charge in [0.25, 0.3) is 5.91 Å². The standard InChI is InChI=1S/C21H16F6N6O/c1-12(32(2)3)19(34)33(18-9-16(21(25,26)27)7-5-14(18)11-29)31-30-17-8-15(20(22,23)24)6-4-13(17)10-28/h4-9,12H,1-3H3. The molecule has 13 heteroatoms. The fourth-order valence-corrected chi connectivity index (χ4v) is 2.56. The van der Waals surface area contributed by atoms with Crippen molar-refractivity contribution in [2.45, 2.75) is 25.3 Å². The van der Waals surface area contributed by atoms with Crippen LogP contribution in [0.3, 0.4) is 0 Å². The van der Waals surface area contributed by atoms with Crippen LogP contribution in [0.15, 0.2) is 46.7 Å². The quantitative estimate of drug-likeness (QED) is 0.322. The number of carbonyl (C=O) groups is 1. The van der Waals surface area contributed by atoms with Gasteiger partial charge in [-0.25, -0.2) is 0 Å². The molecule has 2 rings (SSSR count). The number of likely N-dealkylation sites (N-methyl/N-ethyl adjacent to an activating group) is 1. The second kappa shape index (κ2) is 9.89. The summed E-state index contributed by atoms with van der Waals surface area (Å²) in [4.78, 5) is 14.4. The number of amides is 1. The van der Waals surface area contributed by atoms with Crippen LogP contribution in [0.2, 0.25) is 0 Å². The van der Waals surface area contributed by atoms with Crippen LogP contribution in [-0.2, 0) is 17.1 Å². The molecule has 0 aliphatic heterocycles. The molecule has 0 radical (unpaired) electrons. The first kappa shape index (κ1) is 26.3. The summed E-state index contributed by atoms with van der Waals surface area (Å²) in [6.45, 7) is 1.40. The number of benzene rings is 2. The van der Waals surface area contributed by atoms with Crippen LogP contribution in [-0.4, -0.2) is 30.9 Å². The first-order chi connectivity index (χ1) is 15.7. The lowest BCUT2D eigenvalue weighted by molar-refractivity contribution is -0.138. The number of alkyl halides is 6. The zero-order chi connectivity index (χ0) is 25.8.